The molecule has 4 aromatic rings. The molecule has 2 aromatic carbocycles. The highest BCUT2D eigenvalue weighted by Gasteiger charge is 2.27. The molecule has 0 saturated carbocycles. The van der Waals surface area contributed by atoms with Gasteiger partial charge in [0, 0.05) is 11.5 Å². The number of benzene rings is 2. The van der Waals surface area contributed by atoms with Crippen LogP contribution in [-0.2, 0) is 17.9 Å². The van der Waals surface area contributed by atoms with Crippen molar-refractivity contribution in [2.24, 2.45) is 5.92 Å². The summed E-state index contributed by atoms with van der Waals surface area (Å²) in [5, 5.41) is 9.87. The number of amides is 2. The number of carbonyl (C=O) groups excluding carboxylic acids is 2. The quantitative estimate of drug-likeness (QED) is 0.341. The van der Waals surface area contributed by atoms with Crippen LogP contribution in [0.25, 0.3) is 11.4 Å². The van der Waals surface area contributed by atoms with Crippen molar-refractivity contribution >= 4 is 17.5 Å². The lowest BCUT2D eigenvalue weighted by Crippen LogP contribution is -2.38. The summed E-state index contributed by atoms with van der Waals surface area (Å²) in [5.41, 5.74) is 1.76. The molecule has 10 heteroatoms. The predicted molar refractivity (Wildman–Crippen MR) is 139 cm³/mol. The number of hydrogen-bond donors (Lipinski definition) is 2. The molecule has 196 valence electrons. The molecule has 10 nitrogen and oxygen atoms in total. The van der Waals surface area contributed by atoms with E-state index in [1.54, 1.807) is 49.8 Å². The van der Waals surface area contributed by atoms with E-state index in [-0.39, 0.29) is 24.3 Å². The van der Waals surface area contributed by atoms with Crippen LogP contribution in [-0.4, -0.2) is 47.1 Å². The molecule has 0 spiro atoms. The summed E-state index contributed by atoms with van der Waals surface area (Å²) >= 11 is 0. The van der Waals surface area contributed by atoms with Gasteiger partial charge < -0.3 is 24.3 Å². The average Bonchev–Trinajstić information content (AvgIpc) is 3.65. The van der Waals surface area contributed by atoms with Gasteiger partial charge in [-0.1, -0.05) is 17.3 Å². The van der Waals surface area contributed by atoms with Crippen molar-refractivity contribution in [1.29, 1.82) is 0 Å². The van der Waals surface area contributed by atoms with E-state index >= 15 is 0 Å². The Kier molecular flexibility index (Phi) is 7.79. The van der Waals surface area contributed by atoms with E-state index in [9.17, 15) is 9.59 Å². The molecule has 1 saturated heterocycles. The Morgan fingerprint density at radius 2 is 1.84 bits per heavy atom. The van der Waals surface area contributed by atoms with Gasteiger partial charge in [-0.05, 0) is 74.5 Å². The lowest BCUT2D eigenvalue weighted by atomic mass is 9.95. The highest BCUT2D eigenvalue weighted by atomic mass is 16.5. The van der Waals surface area contributed by atoms with Gasteiger partial charge in [0.2, 0.25) is 17.6 Å². The van der Waals surface area contributed by atoms with Gasteiger partial charge in [-0.15, -0.1) is 0 Å². The fraction of sp³-hybridized carbons (Fsp3) is 0.286. The SMILES string of the molecule is COc1ccc(-c2noc(CN3CCC(C(=O)Nc4ccccc4C(=O)NCc4ccco4)CC3)n2)cc1. The summed E-state index contributed by atoms with van der Waals surface area (Å²) in [4.78, 5) is 32.5. The maximum absolute atomic E-state index is 13.0. The molecule has 2 amide bonds. The number of para-hydroxylation sites is 1. The zero-order valence-corrected chi connectivity index (χ0v) is 21.1. The van der Waals surface area contributed by atoms with Gasteiger partial charge in [0.15, 0.2) is 0 Å². The molecule has 5 rings (SSSR count). The smallest absolute Gasteiger partial charge is 0.253 e. The average molecular weight is 516 g/mol. The molecule has 1 aliphatic heterocycles. The second kappa shape index (κ2) is 11.7. The molecule has 0 bridgehead atoms. The summed E-state index contributed by atoms with van der Waals surface area (Å²) < 4.78 is 15.9. The van der Waals surface area contributed by atoms with Crippen molar-refractivity contribution in [1.82, 2.24) is 20.4 Å². The van der Waals surface area contributed by atoms with Gasteiger partial charge in [-0.25, -0.2) is 0 Å². The Morgan fingerprint density at radius 1 is 1.05 bits per heavy atom. The van der Waals surface area contributed by atoms with Crippen LogP contribution in [0.15, 0.2) is 75.9 Å². The van der Waals surface area contributed by atoms with E-state index < -0.39 is 0 Å². The first-order valence-corrected chi connectivity index (χ1v) is 12.5. The third-order valence-corrected chi connectivity index (χ3v) is 6.57. The summed E-state index contributed by atoms with van der Waals surface area (Å²) in [6.45, 7) is 2.25. The first kappa shape index (κ1) is 25.2. The summed E-state index contributed by atoms with van der Waals surface area (Å²) in [6, 6.07) is 18.0. The molecule has 1 aliphatic rings. The molecule has 1 fully saturated rings. The lowest BCUT2D eigenvalue weighted by molar-refractivity contribution is -0.121. The Labute approximate surface area is 220 Å². The monoisotopic (exact) mass is 515 g/mol. The largest absolute Gasteiger partial charge is 0.497 e. The molecular formula is C28H29N5O5. The van der Waals surface area contributed by atoms with Gasteiger partial charge in [0.25, 0.3) is 5.91 Å². The van der Waals surface area contributed by atoms with Crippen LogP contribution in [0, 0.1) is 5.92 Å². The van der Waals surface area contributed by atoms with Crippen molar-refractivity contribution in [2.75, 3.05) is 25.5 Å². The fourth-order valence-electron chi connectivity index (χ4n) is 4.42. The number of furan rings is 1. The Bertz CT molecular complexity index is 1360. The topological polar surface area (TPSA) is 123 Å². The number of ether oxygens (including phenoxy) is 1. The van der Waals surface area contributed by atoms with Crippen molar-refractivity contribution in [3.8, 4) is 17.1 Å². The van der Waals surface area contributed by atoms with Crippen molar-refractivity contribution in [2.45, 2.75) is 25.9 Å². The molecule has 3 heterocycles. The number of aromatic nitrogens is 2. The molecule has 0 unspecified atom stereocenters. The van der Waals surface area contributed by atoms with E-state index in [0.29, 0.717) is 48.1 Å². The zero-order chi connectivity index (χ0) is 26.3. The Hall–Kier alpha value is -4.44. The van der Waals surface area contributed by atoms with E-state index in [1.165, 1.54) is 0 Å². The normalized spacial score (nSPS) is 14.2. The van der Waals surface area contributed by atoms with E-state index in [1.807, 2.05) is 24.3 Å². The molecular weight excluding hydrogens is 486 g/mol. The number of likely N-dealkylation sites (tertiary alicyclic amines) is 1. The second-order valence-electron chi connectivity index (χ2n) is 9.09. The van der Waals surface area contributed by atoms with Crippen molar-refractivity contribution < 1.29 is 23.3 Å². The van der Waals surface area contributed by atoms with Crippen LogP contribution in [0.1, 0.15) is 34.9 Å². The van der Waals surface area contributed by atoms with Gasteiger partial charge in [-0.3, -0.25) is 14.5 Å². The van der Waals surface area contributed by atoms with Crippen LogP contribution in [0.3, 0.4) is 0 Å². The maximum Gasteiger partial charge on any atom is 0.253 e. The summed E-state index contributed by atoms with van der Waals surface area (Å²) in [6.07, 6.45) is 2.94. The molecule has 2 N–H and O–H groups in total. The molecule has 0 radical (unpaired) electrons. The second-order valence-corrected chi connectivity index (χ2v) is 9.09. The van der Waals surface area contributed by atoms with Crippen molar-refractivity contribution in [3.63, 3.8) is 0 Å². The third-order valence-electron chi connectivity index (χ3n) is 6.57. The van der Waals surface area contributed by atoms with Gasteiger partial charge in [-0.2, -0.15) is 4.98 Å². The van der Waals surface area contributed by atoms with Crippen molar-refractivity contribution in [3.05, 3.63) is 84.1 Å². The first-order valence-electron chi connectivity index (χ1n) is 12.5. The molecule has 38 heavy (non-hydrogen) atoms. The van der Waals surface area contributed by atoms with Gasteiger partial charge >= 0.3 is 0 Å². The van der Waals surface area contributed by atoms with Gasteiger partial charge in [0.05, 0.1) is 37.7 Å². The molecule has 2 aromatic heterocycles. The number of hydrogen-bond acceptors (Lipinski definition) is 8. The van der Waals surface area contributed by atoms with Crippen LogP contribution in [0.5, 0.6) is 5.75 Å². The summed E-state index contributed by atoms with van der Waals surface area (Å²) in [5.74, 6) is 1.97. The number of nitrogens with one attached hydrogen (secondary N) is 2. The minimum absolute atomic E-state index is 0.0875. The van der Waals surface area contributed by atoms with E-state index in [2.05, 4.69) is 25.7 Å². The number of piperidine rings is 1. The number of nitrogens with zero attached hydrogens (tertiary/aromatic N) is 3. The highest BCUT2D eigenvalue weighted by molar-refractivity contribution is 6.04. The minimum atomic E-state index is -0.277. The number of methoxy groups -OCH3 is 1. The number of rotatable bonds is 9. The summed E-state index contributed by atoms with van der Waals surface area (Å²) in [7, 11) is 1.62. The van der Waals surface area contributed by atoms with Crippen LogP contribution < -0.4 is 15.4 Å². The Morgan fingerprint density at radius 3 is 2.58 bits per heavy atom. The van der Waals surface area contributed by atoms with E-state index in [0.717, 1.165) is 24.4 Å². The Balaban J connectivity index is 1.12. The highest BCUT2D eigenvalue weighted by Crippen LogP contribution is 2.24. The number of carbonyl (C=O) groups is 2. The zero-order valence-electron chi connectivity index (χ0n) is 21.1. The fourth-order valence-corrected chi connectivity index (χ4v) is 4.42. The minimum Gasteiger partial charge on any atom is -0.497 e. The first-order chi connectivity index (χ1) is 18.6. The van der Waals surface area contributed by atoms with Crippen LogP contribution >= 0.6 is 0 Å². The number of anilines is 1. The van der Waals surface area contributed by atoms with Crippen LogP contribution in [0.2, 0.25) is 0 Å². The molecule has 0 atom stereocenters. The third kappa shape index (κ3) is 6.09. The standard InChI is InChI=1S/C28H29N5O5/c1-36-21-10-8-19(9-11-21)26-31-25(38-32-26)18-33-14-12-20(13-15-33)27(34)30-24-7-3-2-6-23(24)28(35)29-17-22-5-4-16-37-22/h2-11,16,20H,12-15,17-18H2,1H3,(H,29,35)(H,30,34). The predicted octanol–water partition coefficient (Wildman–Crippen LogP) is 4.12. The van der Waals surface area contributed by atoms with Crippen LogP contribution in [0.4, 0.5) is 5.69 Å². The molecule has 0 aliphatic carbocycles. The lowest BCUT2D eigenvalue weighted by Gasteiger charge is -2.30. The van der Waals surface area contributed by atoms with E-state index in [4.69, 9.17) is 13.7 Å². The van der Waals surface area contributed by atoms with Gasteiger partial charge in [0.1, 0.15) is 11.5 Å². The maximum atomic E-state index is 13.0.